The number of benzene rings is 1. The van der Waals surface area contributed by atoms with Crippen molar-refractivity contribution >= 4 is 21.7 Å². The summed E-state index contributed by atoms with van der Waals surface area (Å²) in [5.74, 6) is 4.45. The Labute approximate surface area is 182 Å². The van der Waals surface area contributed by atoms with Crippen LogP contribution in [0.5, 0.6) is 0 Å². The molecule has 2 heterocycles. The zero-order chi connectivity index (χ0) is 22.2. The van der Waals surface area contributed by atoms with E-state index in [1.807, 2.05) is 11.0 Å². The number of H-pyrrole nitrogens is 1. The fourth-order valence-electron chi connectivity index (χ4n) is 3.26. The fraction of sp³-hybridized carbons (Fsp3) is 0.318. The molecule has 160 valence electrons. The number of hydrogen-bond acceptors (Lipinski definition) is 6. The zero-order valence-electron chi connectivity index (χ0n) is 17.6. The largest absolute Gasteiger partial charge is 0.307 e. The van der Waals surface area contributed by atoms with Crippen LogP contribution >= 0.6 is 0 Å². The second-order valence-electron chi connectivity index (χ2n) is 8.50. The molecule has 0 unspecified atom stereocenters. The van der Waals surface area contributed by atoms with Gasteiger partial charge in [0, 0.05) is 29.4 Å². The average molecular weight is 437 g/mol. The summed E-state index contributed by atoms with van der Waals surface area (Å²) < 4.78 is 28.2. The lowest BCUT2D eigenvalue weighted by atomic mass is 10.1. The topological polar surface area (TPSA) is 104 Å². The first-order valence-corrected chi connectivity index (χ1v) is 11.4. The number of aromatic amines is 1. The highest BCUT2D eigenvalue weighted by Crippen LogP contribution is 2.38. The van der Waals surface area contributed by atoms with Crippen LogP contribution in [0.1, 0.15) is 39.2 Å². The van der Waals surface area contributed by atoms with Crippen LogP contribution < -0.4 is 9.62 Å². The fourth-order valence-corrected chi connectivity index (χ4v) is 4.72. The zero-order valence-corrected chi connectivity index (χ0v) is 18.4. The van der Waals surface area contributed by atoms with Gasteiger partial charge in [-0.2, -0.15) is 5.10 Å². The standard InChI is InChI=1S/C22H24N6O2S/c1-5-15-14-23-20(25-21(15)28(17-9-10-17)19-11-12-24-26-19)16-7-6-8-18(13-16)31(29,30)27-22(2,3)4/h1,6-8,11-14,17,27H,9-10H2,2-4H3,(H,24,26). The Bertz CT molecular complexity index is 1240. The van der Waals surface area contributed by atoms with Crippen molar-refractivity contribution in [1.29, 1.82) is 0 Å². The SMILES string of the molecule is C#Cc1cnc(-c2cccc(S(=O)(=O)NC(C)(C)C)c2)nc1N(c1ccn[nH]1)C1CC1. The summed E-state index contributed by atoms with van der Waals surface area (Å²) in [6.07, 6.45) is 11.0. The van der Waals surface area contributed by atoms with Gasteiger partial charge in [-0.3, -0.25) is 5.10 Å². The molecule has 0 radical (unpaired) electrons. The van der Waals surface area contributed by atoms with E-state index in [9.17, 15) is 8.42 Å². The molecule has 2 N–H and O–H groups in total. The van der Waals surface area contributed by atoms with E-state index in [0.717, 1.165) is 18.7 Å². The van der Waals surface area contributed by atoms with Gasteiger partial charge in [0.2, 0.25) is 10.0 Å². The molecule has 2 aromatic heterocycles. The highest BCUT2D eigenvalue weighted by Gasteiger charge is 2.33. The molecule has 1 aromatic carbocycles. The third-order valence-electron chi connectivity index (χ3n) is 4.65. The van der Waals surface area contributed by atoms with Gasteiger partial charge < -0.3 is 4.90 Å². The Hall–Kier alpha value is -3.22. The summed E-state index contributed by atoms with van der Waals surface area (Å²) in [6.45, 7) is 5.39. The number of anilines is 2. The number of rotatable bonds is 6. The number of sulfonamides is 1. The van der Waals surface area contributed by atoms with Crippen LogP contribution in [0.15, 0.2) is 47.6 Å². The Kier molecular flexibility index (Phi) is 5.29. The molecule has 0 bridgehead atoms. The number of nitrogens with zero attached hydrogens (tertiary/aromatic N) is 4. The molecule has 4 rings (SSSR count). The maximum absolute atomic E-state index is 12.8. The lowest BCUT2D eigenvalue weighted by molar-refractivity contribution is 0.491. The summed E-state index contributed by atoms with van der Waals surface area (Å²) in [4.78, 5) is 11.3. The first kappa shape index (κ1) is 21.0. The Morgan fingerprint density at radius 3 is 2.65 bits per heavy atom. The summed E-state index contributed by atoms with van der Waals surface area (Å²) in [6, 6.07) is 8.72. The molecule has 0 amide bonds. The summed E-state index contributed by atoms with van der Waals surface area (Å²) in [7, 11) is -3.69. The van der Waals surface area contributed by atoms with Crippen LogP contribution in [0.2, 0.25) is 0 Å². The van der Waals surface area contributed by atoms with E-state index in [4.69, 9.17) is 11.4 Å². The van der Waals surface area contributed by atoms with E-state index in [2.05, 4.69) is 25.8 Å². The van der Waals surface area contributed by atoms with E-state index < -0.39 is 15.6 Å². The lowest BCUT2D eigenvalue weighted by Gasteiger charge is -2.23. The first-order valence-electron chi connectivity index (χ1n) is 9.95. The predicted molar refractivity (Wildman–Crippen MR) is 119 cm³/mol. The van der Waals surface area contributed by atoms with Crippen LogP contribution in [0.4, 0.5) is 11.6 Å². The van der Waals surface area contributed by atoms with Crippen molar-refractivity contribution in [1.82, 2.24) is 24.9 Å². The predicted octanol–water partition coefficient (Wildman–Crippen LogP) is 3.23. The maximum atomic E-state index is 12.8. The van der Waals surface area contributed by atoms with Gasteiger partial charge in [-0.15, -0.1) is 6.42 Å². The highest BCUT2D eigenvalue weighted by atomic mass is 32.2. The monoisotopic (exact) mass is 436 g/mol. The second kappa shape index (κ2) is 7.80. The molecule has 8 nitrogen and oxygen atoms in total. The molecule has 0 aliphatic heterocycles. The molecule has 3 aromatic rings. The van der Waals surface area contributed by atoms with Crippen molar-refractivity contribution in [3.63, 3.8) is 0 Å². The molecule has 0 atom stereocenters. The van der Waals surface area contributed by atoms with Crippen LogP contribution in [0.3, 0.4) is 0 Å². The number of terminal acetylenes is 1. The third kappa shape index (κ3) is 4.60. The molecule has 1 aliphatic rings. The van der Waals surface area contributed by atoms with E-state index in [1.54, 1.807) is 57.4 Å². The minimum absolute atomic E-state index is 0.152. The quantitative estimate of drug-likeness (QED) is 0.575. The van der Waals surface area contributed by atoms with Crippen molar-refractivity contribution < 1.29 is 8.42 Å². The average Bonchev–Trinajstić information content (AvgIpc) is 3.40. The van der Waals surface area contributed by atoms with E-state index in [0.29, 0.717) is 22.8 Å². The van der Waals surface area contributed by atoms with Gasteiger partial charge >= 0.3 is 0 Å². The molecule has 1 aliphatic carbocycles. The molecule has 0 saturated heterocycles. The first-order chi connectivity index (χ1) is 14.7. The van der Waals surface area contributed by atoms with E-state index in [-0.39, 0.29) is 10.9 Å². The van der Waals surface area contributed by atoms with Crippen molar-refractivity contribution in [2.24, 2.45) is 0 Å². The van der Waals surface area contributed by atoms with Crippen LogP contribution in [-0.4, -0.2) is 40.2 Å². The van der Waals surface area contributed by atoms with Gasteiger partial charge in [-0.1, -0.05) is 18.1 Å². The van der Waals surface area contributed by atoms with Crippen molar-refractivity contribution in [2.75, 3.05) is 4.90 Å². The lowest BCUT2D eigenvalue weighted by Crippen LogP contribution is -2.40. The number of aromatic nitrogens is 4. The van der Waals surface area contributed by atoms with Crippen molar-refractivity contribution in [3.05, 3.63) is 48.3 Å². The minimum Gasteiger partial charge on any atom is -0.307 e. The normalized spacial score (nSPS) is 14.3. The molecule has 9 heteroatoms. The molecule has 1 fully saturated rings. The molecule has 1 saturated carbocycles. The van der Waals surface area contributed by atoms with Gasteiger partial charge in [-0.05, 0) is 45.7 Å². The van der Waals surface area contributed by atoms with Gasteiger partial charge in [0.05, 0.1) is 16.7 Å². The van der Waals surface area contributed by atoms with Gasteiger partial charge in [0.1, 0.15) is 5.82 Å². The second-order valence-corrected chi connectivity index (χ2v) is 10.2. The molecule has 0 spiro atoms. The van der Waals surface area contributed by atoms with Gasteiger partial charge in [-0.25, -0.2) is 23.1 Å². The Morgan fingerprint density at radius 1 is 1.26 bits per heavy atom. The number of hydrogen-bond donors (Lipinski definition) is 2. The third-order valence-corrected chi connectivity index (χ3v) is 6.41. The molecular weight excluding hydrogens is 412 g/mol. The summed E-state index contributed by atoms with van der Waals surface area (Å²) in [5.41, 5.74) is 0.548. The molecule has 31 heavy (non-hydrogen) atoms. The van der Waals surface area contributed by atoms with Crippen LogP contribution in [0.25, 0.3) is 11.4 Å². The van der Waals surface area contributed by atoms with Gasteiger partial charge in [0.25, 0.3) is 0 Å². The maximum Gasteiger partial charge on any atom is 0.241 e. The Morgan fingerprint density at radius 2 is 2.03 bits per heavy atom. The van der Waals surface area contributed by atoms with Gasteiger partial charge in [0.15, 0.2) is 11.6 Å². The highest BCUT2D eigenvalue weighted by molar-refractivity contribution is 7.89. The van der Waals surface area contributed by atoms with E-state index >= 15 is 0 Å². The van der Waals surface area contributed by atoms with Crippen LogP contribution in [0, 0.1) is 12.3 Å². The summed E-state index contributed by atoms with van der Waals surface area (Å²) >= 11 is 0. The number of nitrogens with one attached hydrogen (secondary N) is 2. The minimum atomic E-state index is -3.69. The summed E-state index contributed by atoms with van der Waals surface area (Å²) in [5, 5.41) is 7.02. The Balaban J connectivity index is 1.77. The van der Waals surface area contributed by atoms with Crippen LogP contribution in [-0.2, 0) is 10.0 Å². The molecular formula is C22H24N6O2S. The smallest absolute Gasteiger partial charge is 0.241 e. The van der Waals surface area contributed by atoms with Crippen molar-refractivity contribution in [2.45, 2.75) is 50.1 Å². The van der Waals surface area contributed by atoms with E-state index in [1.165, 1.54) is 0 Å². The van der Waals surface area contributed by atoms with Crippen molar-refractivity contribution in [3.8, 4) is 23.7 Å².